The van der Waals surface area contributed by atoms with Gasteiger partial charge in [0.15, 0.2) is 0 Å². The summed E-state index contributed by atoms with van der Waals surface area (Å²) in [6.07, 6.45) is -3.43. The molecule has 1 aromatic carbocycles. The van der Waals surface area contributed by atoms with Crippen molar-refractivity contribution in [2.75, 3.05) is 36.8 Å². The van der Waals surface area contributed by atoms with E-state index in [4.69, 9.17) is 5.73 Å². The maximum Gasteiger partial charge on any atom is 0.416 e. The van der Waals surface area contributed by atoms with Crippen LogP contribution in [0, 0.1) is 0 Å². The molecule has 3 N–H and O–H groups in total. The molecule has 24 heavy (non-hydrogen) atoms. The van der Waals surface area contributed by atoms with Crippen LogP contribution in [-0.2, 0) is 6.18 Å². The molecule has 0 radical (unpaired) electrons. The summed E-state index contributed by atoms with van der Waals surface area (Å²) < 4.78 is 38.7. The third kappa shape index (κ3) is 3.76. The molecule has 8 heteroatoms. The number of anilines is 2. The minimum absolute atomic E-state index is 0.0529. The predicted octanol–water partition coefficient (Wildman–Crippen LogP) is 2.54. The van der Waals surface area contributed by atoms with Gasteiger partial charge >= 0.3 is 6.18 Å². The monoisotopic (exact) mass is 337 g/mol. The number of alkyl halides is 3. The van der Waals surface area contributed by atoms with Gasteiger partial charge in [0.1, 0.15) is 5.82 Å². The first-order valence-electron chi connectivity index (χ1n) is 7.71. The number of rotatable bonds is 2. The maximum absolute atomic E-state index is 12.9. The molecule has 0 saturated carbocycles. The maximum atomic E-state index is 12.9. The summed E-state index contributed by atoms with van der Waals surface area (Å²) in [6, 6.07) is 6.76. The van der Waals surface area contributed by atoms with Gasteiger partial charge in [-0.15, -0.1) is 0 Å². The van der Waals surface area contributed by atoms with Crippen molar-refractivity contribution >= 4 is 11.8 Å². The van der Waals surface area contributed by atoms with E-state index in [0.717, 1.165) is 44.7 Å². The Morgan fingerprint density at radius 1 is 1.08 bits per heavy atom. The summed E-state index contributed by atoms with van der Waals surface area (Å²) in [7, 11) is 0. The van der Waals surface area contributed by atoms with E-state index in [-0.39, 0.29) is 5.95 Å². The molecule has 0 spiro atoms. The van der Waals surface area contributed by atoms with Crippen LogP contribution >= 0.6 is 0 Å². The van der Waals surface area contributed by atoms with Gasteiger partial charge in [0, 0.05) is 31.3 Å². The summed E-state index contributed by atoms with van der Waals surface area (Å²) >= 11 is 0. The lowest BCUT2D eigenvalue weighted by molar-refractivity contribution is -0.137. The molecule has 0 unspecified atom stereocenters. The first-order valence-corrected chi connectivity index (χ1v) is 7.71. The van der Waals surface area contributed by atoms with E-state index in [2.05, 4.69) is 20.2 Å². The van der Waals surface area contributed by atoms with E-state index in [9.17, 15) is 13.2 Å². The molecule has 2 heterocycles. The third-order valence-corrected chi connectivity index (χ3v) is 3.88. The van der Waals surface area contributed by atoms with E-state index in [1.807, 2.05) is 0 Å². The molecule has 1 fully saturated rings. The van der Waals surface area contributed by atoms with E-state index >= 15 is 0 Å². The molecule has 5 nitrogen and oxygen atoms in total. The van der Waals surface area contributed by atoms with Gasteiger partial charge in [0.25, 0.3) is 0 Å². The summed E-state index contributed by atoms with van der Waals surface area (Å²) in [5, 5.41) is 3.29. The molecule has 1 aliphatic heterocycles. The Bertz CT molecular complexity index is 709. The van der Waals surface area contributed by atoms with Crippen molar-refractivity contribution in [1.82, 2.24) is 15.3 Å². The number of hydrogen-bond acceptors (Lipinski definition) is 5. The van der Waals surface area contributed by atoms with Crippen molar-refractivity contribution in [3.63, 3.8) is 0 Å². The lowest BCUT2D eigenvalue weighted by Gasteiger charge is -2.21. The first-order chi connectivity index (χ1) is 11.4. The van der Waals surface area contributed by atoms with Gasteiger partial charge in [0.05, 0.1) is 11.3 Å². The smallest absolute Gasteiger partial charge is 0.368 e. The van der Waals surface area contributed by atoms with E-state index in [1.54, 1.807) is 12.1 Å². The van der Waals surface area contributed by atoms with Gasteiger partial charge in [-0.25, -0.2) is 4.98 Å². The summed E-state index contributed by atoms with van der Waals surface area (Å²) in [4.78, 5) is 10.4. The van der Waals surface area contributed by atoms with Crippen LogP contribution < -0.4 is 16.0 Å². The zero-order chi connectivity index (χ0) is 17.2. The summed E-state index contributed by atoms with van der Waals surface area (Å²) in [5.74, 6) is 0.690. The normalized spacial score (nSPS) is 16.0. The largest absolute Gasteiger partial charge is 0.416 e. The van der Waals surface area contributed by atoms with Gasteiger partial charge < -0.3 is 16.0 Å². The van der Waals surface area contributed by atoms with Crippen LogP contribution in [0.3, 0.4) is 0 Å². The quantitative estimate of drug-likeness (QED) is 0.881. The summed E-state index contributed by atoms with van der Waals surface area (Å²) in [6.45, 7) is 3.32. The highest BCUT2D eigenvalue weighted by molar-refractivity contribution is 5.65. The molecule has 1 aromatic heterocycles. The van der Waals surface area contributed by atoms with Crippen LogP contribution in [0.4, 0.5) is 24.9 Å². The molecular weight excluding hydrogens is 319 g/mol. The standard InChI is InChI=1S/C16H18F3N5/c17-16(18,19)12-4-1-3-11(9-12)13-10-14(23-15(20)22-13)24-7-2-5-21-6-8-24/h1,3-4,9-10,21H,2,5-8H2,(H2,20,22,23). The topological polar surface area (TPSA) is 67.1 Å². The molecule has 0 bridgehead atoms. The zero-order valence-electron chi connectivity index (χ0n) is 13.0. The Kier molecular flexibility index (Phi) is 4.57. The average molecular weight is 337 g/mol. The second kappa shape index (κ2) is 6.64. The van der Waals surface area contributed by atoms with E-state index < -0.39 is 11.7 Å². The van der Waals surface area contributed by atoms with Gasteiger partial charge in [-0.05, 0) is 25.1 Å². The van der Waals surface area contributed by atoms with E-state index in [1.165, 1.54) is 6.07 Å². The first kappa shape index (κ1) is 16.5. The number of benzene rings is 1. The lowest BCUT2D eigenvalue weighted by Crippen LogP contribution is -2.28. The molecule has 0 amide bonds. The molecule has 1 saturated heterocycles. The molecule has 0 aliphatic carbocycles. The Hall–Kier alpha value is -2.35. The van der Waals surface area contributed by atoms with Crippen molar-refractivity contribution in [3.8, 4) is 11.3 Å². The van der Waals surface area contributed by atoms with Crippen LogP contribution in [-0.4, -0.2) is 36.1 Å². The number of aromatic nitrogens is 2. The Balaban J connectivity index is 1.97. The van der Waals surface area contributed by atoms with Crippen LogP contribution in [0.25, 0.3) is 11.3 Å². The number of halogens is 3. The predicted molar refractivity (Wildman–Crippen MR) is 86.6 cm³/mol. The van der Waals surface area contributed by atoms with Crippen molar-refractivity contribution in [2.24, 2.45) is 0 Å². The van der Waals surface area contributed by atoms with Crippen molar-refractivity contribution in [3.05, 3.63) is 35.9 Å². The minimum Gasteiger partial charge on any atom is -0.368 e. The fourth-order valence-electron chi connectivity index (χ4n) is 2.69. The average Bonchev–Trinajstić information content (AvgIpc) is 2.83. The number of hydrogen-bond donors (Lipinski definition) is 2. The Morgan fingerprint density at radius 2 is 1.92 bits per heavy atom. The molecule has 1 aliphatic rings. The third-order valence-electron chi connectivity index (χ3n) is 3.88. The minimum atomic E-state index is -4.39. The van der Waals surface area contributed by atoms with Crippen LogP contribution in [0.1, 0.15) is 12.0 Å². The number of nitrogen functional groups attached to an aromatic ring is 1. The number of nitrogens with two attached hydrogens (primary N) is 1. The second-order valence-electron chi connectivity index (χ2n) is 5.64. The van der Waals surface area contributed by atoms with Gasteiger partial charge in [-0.1, -0.05) is 12.1 Å². The van der Waals surface area contributed by atoms with E-state index in [0.29, 0.717) is 17.1 Å². The molecule has 2 aromatic rings. The zero-order valence-corrected chi connectivity index (χ0v) is 13.0. The number of nitrogens with zero attached hydrogens (tertiary/aromatic N) is 3. The highest BCUT2D eigenvalue weighted by Crippen LogP contribution is 2.32. The highest BCUT2D eigenvalue weighted by Gasteiger charge is 2.30. The SMILES string of the molecule is Nc1nc(-c2cccc(C(F)(F)F)c2)cc(N2CCCNCC2)n1. The van der Waals surface area contributed by atoms with Crippen LogP contribution in [0.5, 0.6) is 0 Å². The number of nitrogens with one attached hydrogen (secondary N) is 1. The summed E-state index contributed by atoms with van der Waals surface area (Å²) in [5.41, 5.74) is 5.83. The van der Waals surface area contributed by atoms with Crippen molar-refractivity contribution < 1.29 is 13.2 Å². The fraction of sp³-hybridized carbons (Fsp3) is 0.375. The van der Waals surface area contributed by atoms with Gasteiger partial charge in [-0.2, -0.15) is 18.2 Å². The molecule has 128 valence electrons. The van der Waals surface area contributed by atoms with Crippen LogP contribution in [0.2, 0.25) is 0 Å². The van der Waals surface area contributed by atoms with Crippen molar-refractivity contribution in [1.29, 1.82) is 0 Å². The molecule has 0 atom stereocenters. The van der Waals surface area contributed by atoms with Gasteiger partial charge in [0.2, 0.25) is 5.95 Å². The lowest BCUT2D eigenvalue weighted by atomic mass is 10.1. The highest BCUT2D eigenvalue weighted by atomic mass is 19.4. The van der Waals surface area contributed by atoms with Gasteiger partial charge in [-0.3, -0.25) is 0 Å². The Morgan fingerprint density at radius 3 is 2.71 bits per heavy atom. The molecule has 3 rings (SSSR count). The fourth-order valence-corrected chi connectivity index (χ4v) is 2.69. The van der Waals surface area contributed by atoms with Crippen LogP contribution in [0.15, 0.2) is 30.3 Å². The second-order valence-corrected chi connectivity index (χ2v) is 5.64. The van der Waals surface area contributed by atoms with Crippen molar-refractivity contribution in [2.45, 2.75) is 12.6 Å². The Labute approximate surface area is 137 Å². The molecular formula is C16H18F3N5.